The molecule has 1 aromatic rings. The molecule has 1 atom stereocenters. The molecule has 4 heteroatoms. The van der Waals surface area contributed by atoms with Crippen LogP contribution in [0.25, 0.3) is 0 Å². The minimum atomic E-state index is -0.495. The van der Waals surface area contributed by atoms with Crippen molar-refractivity contribution in [2.45, 2.75) is 26.4 Å². The predicted octanol–water partition coefficient (Wildman–Crippen LogP) is 1.61. The van der Waals surface area contributed by atoms with E-state index in [0.29, 0.717) is 13.2 Å². The van der Waals surface area contributed by atoms with Crippen LogP contribution in [0.2, 0.25) is 0 Å². The number of aryl methyl sites for hydroxylation is 1. The van der Waals surface area contributed by atoms with Crippen molar-refractivity contribution in [3.05, 3.63) is 29.8 Å². The molecule has 1 unspecified atom stereocenters. The molecule has 1 aliphatic rings. The van der Waals surface area contributed by atoms with Crippen molar-refractivity contribution in [3.8, 4) is 5.75 Å². The van der Waals surface area contributed by atoms with Gasteiger partial charge in [-0.1, -0.05) is 26.0 Å². The average Bonchev–Trinajstić information content (AvgIpc) is 2.44. The third kappa shape index (κ3) is 4.47. The number of nitrogens with one attached hydrogen (secondary N) is 1. The van der Waals surface area contributed by atoms with Gasteiger partial charge in [-0.3, -0.25) is 0 Å². The highest BCUT2D eigenvalue weighted by molar-refractivity contribution is 5.27. The Bertz CT molecular complexity index is 401. The van der Waals surface area contributed by atoms with E-state index in [9.17, 15) is 5.11 Å². The van der Waals surface area contributed by atoms with E-state index in [1.165, 1.54) is 5.56 Å². The van der Waals surface area contributed by atoms with Crippen LogP contribution in [-0.2, 0) is 11.2 Å². The van der Waals surface area contributed by atoms with Gasteiger partial charge in [0.15, 0.2) is 0 Å². The van der Waals surface area contributed by atoms with E-state index in [-0.39, 0.29) is 5.41 Å². The number of aliphatic hydroxyl groups is 1. The first-order valence-corrected chi connectivity index (χ1v) is 7.29. The number of aliphatic hydroxyl groups excluding tert-OH is 1. The Balaban J connectivity index is 1.62. The standard InChI is InChI=1S/C16H25NO3/c1-3-13-4-6-15(7-5-13)20-9-14(18)8-17-10-16(2)11-19-12-16/h4-7,14,17-18H,3,8-12H2,1-2H3. The maximum Gasteiger partial charge on any atom is 0.119 e. The van der Waals surface area contributed by atoms with Crippen LogP contribution in [0.3, 0.4) is 0 Å². The van der Waals surface area contributed by atoms with Crippen molar-refractivity contribution in [1.29, 1.82) is 0 Å². The third-order valence-corrected chi connectivity index (χ3v) is 3.61. The smallest absolute Gasteiger partial charge is 0.119 e. The lowest BCUT2D eigenvalue weighted by molar-refractivity contribution is -0.0997. The highest BCUT2D eigenvalue weighted by atomic mass is 16.5. The van der Waals surface area contributed by atoms with Crippen LogP contribution in [0.5, 0.6) is 5.75 Å². The van der Waals surface area contributed by atoms with Gasteiger partial charge < -0.3 is 19.9 Å². The van der Waals surface area contributed by atoms with Crippen LogP contribution in [0, 0.1) is 5.41 Å². The molecule has 1 aromatic carbocycles. The fourth-order valence-corrected chi connectivity index (χ4v) is 2.17. The second-order valence-electron chi connectivity index (χ2n) is 5.90. The lowest BCUT2D eigenvalue weighted by Gasteiger charge is -2.38. The van der Waals surface area contributed by atoms with Gasteiger partial charge in [-0.25, -0.2) is 0 Å². The van der Waals surface area contributed by atoms with Crippen LogP contribution in [-0.4, -0.2) is 44.1 Å². The highest BCUT2D eigenvalue weighted by Gasteiger charge is 2.32. The van der Waals surface area contributed by atoms with Crippen LogP contribution in [0.4, 0.5) is 0 Å². The summed E-state index contributed by atoms with van der Waals surface area (Å²) in [6.45, 7) is 7.64. The Morgan fingerprint density at radius 1 is 1.35 bits per heavy atom. The van der Waals surface area contributed by atoms with Crippen LogP contribution >= 0.6 is 0 Å². The van der Waals surface area contributed by atoms with Gasteiger partial charge in [0.05, 0.1) is 13.2 Å². The zero-order valence-corrected chi connectivity index (χ0v) is 12.4. The number of hydrogen-bond donors (Lipinski definition) is 2. The predicted molar refractivity (Wildman–Crippen MR) is 79.1 cm³/mol. The van der Waals surface area contributed by atoms with Crippen molar-refractivity contribution in [3.63, 3.8) is 0 Å². The highest BCUT2D eigenvalue weighted by Crippen LogP contribution is 2.24. The molecule has 112 valence electrons. The van der Waals surface area contributed by atoms with E-state index >= 15 is 0 Å². The van der Waals surface area contributed by atoms with Gasteiger partial charge >= 0.3 is 0 Å². The molecule has 1 fully saturated rings. The fourth-order valence-electron chi connectivity index (χ4n) is 2.17. The lowest BCUT2D eigenvalue weighted by Crippen LogP contribution is -2.48. The molecule has 0 radical (unpaired) electrons. The van der Waals surface area contributed by atoms with Crippen LogP contribution < -0.4 is 10.1 Å². The van der Waals surface area contributed by atoms with E-state index < -0.39 is 6.10 Å². The van der Waals surface area contributed by atoms with E-state index in [1.807, 2.05) is 12.1 Å². The zero-order chi connectivity index (χ0) is 14.4. The van der Waals surface area contributed by atoms with Crippen LogP contribution in [0.1, 0.15) is 19.4 Å². The summed E-state index contributed by atoms with van der Waals surface area (Å²) in [6, 6.07) is 8.01. The van der Waals surface area contributed by atoms with Gasteiger partial charge in [-0.15, -0.1) is 0 Å². The Morgan fingerprint density at radius 2 is 2.05 bits per heavy atom. The van der Waals surface area contributed by atoms with Gasteiger partial charge in [0.1, 0.15) is 18.5 Å². The summed E-state index contributed by atoms with van der Waals surface area (Å²) < 4.78 is 10.8. The molecule has 1 aliphatic heterocycles. The van der Waals surface area contributed by atoms with Crippen molar-refractivity contribution in [1.82, 2.24) is 5.32 Å². The molecular weight excluding hydrogens is 254 g/mol. The SMILES string of the molecule is CCc1ccc(OCC(O)CNCC2(C)COC2)cc1. The molecule has 0 bridgehead atoms. The van der Waals surface area contributed by atoms with Gasteiger partial charge in [0, 0.05) is 18.5 Å². The molecule has 2 N–H and O–H groups in total. The molecule has 0 amide bonds. The molecule has 1 heterocycles. The van der Waals surface area contributed by atoms with E-state index in [1.54, 1.807) is 0 Å². The second kappa shape index (κ2) is 7.07. The first-order valence-electron chi connectivity index (χ1n) is 7.29. The van der Waals surface area contributed by atoms with Gasteiger partial charge in [-0.05, 0) is 24.1 Å². The Hall–Kier alpha value is -1.10. The Morgan fingerprint density at radius 3 is 2.60 bits per heavy atom. The van der Waals surface area contributed by atoms with Crippen molar-refractivity contribution in [2.75, 3.05) is 32.9 Å². The maximum absolute atomic E-state index is 9.88. The molecular formula is C16H25NO3. The normalized spacial score (nSPS) is 18.4. The summed E-state index contributed by atoms with van der Waals surface area (Å²) in [5.74, 6) is 0.806. The van der Waals surface area contributed by atoms with Crippen LogP contribution in [0.15, 0.2) is 24.3 Å². The summed E-state index contributed by atoms with van der Waals surface area (Å²) in [4.78, 5) is 0. The summed E-state index contributed by atoms with van der Waals surface area (Å²) >= 11 is 0. The summed E-state index contributed by atoms with van der Waals surface area (Å²) in [6.07, 6.45) is 0.528. The molecule has 0 saturated carbocycles. The third-order valence-electron chi connectivity index (χ3n) is 3.61. The number of benzene rings is 1. The quantitative estimate of drug-likeness (QED) is 0.759. The Labute approximate surface area is 121 Å². The molecule has 4 nitrogen and oxygen atoms in total. The molecule has 0 aliphatic carbocycles. The molecule has 0 aromatic heterocycles. The number of rotatable bonds is 8. The van der Waals surface area contributed by atoms with Crippen molar-refractivity contribution < 1.29 is 14.6 Å². The van der Waals surface area contributed by atoms with E-state index in [4.69, 9.17) is 9.47 Å². The summed E-state index contributed by atoms with van der Waals surface area (Å²) in [7, 11) is 0. The molecule has 1 saturated heterocycles. The van der Waals surface area contributed by atoms with Gasteiger partial charge in [0.2, 0.25) is 0 Å². The summed E-state index contributed by atoms with van der Waals surface area (Å²) in [5, 5.41) is 13.2. The lowest BCUT2D eigenvalue weighted by atomic mass is 9.89. The first kappa shape index (κ1) is 15.3. The first-order chi connectivity index (χ1) is 9.61. The average molecular weight is 279 g/mol. The van der Waals surface area contributed by atoms with Crippen molar-refractivity contribution >= 4 is 0 Å². The van der Waals surface area contributed by atoms with Gasteiger partial charge in [-0.2, -0.15) is 0 Å². The maximum atomic E-state index is 9.88. The van der Waals surface area contributed by atoms with Gasteiger partial charge in [0.25, 0.3) is 0 Å². The topological polar surface area (TPSA) is 50.7 Å². The largest absolute Gasteiger partial charge is 0.491 e. The zero-order valence-electron chi connectivity index (χ0n) is 12.4. The Kier molecular flexibility index (Phi) is 5.40. The minimum Gasteiger partial charge on any atom is -0.491 e. The van der Waals surface area contributed by atoms with Crippen molar-refractivity contribution in [2.24, 2.45) is 5.41 Å². The van der Waals surface area contributed by atoms with E-state index in [0.717, 1.165) is 31.9 Å². The van der Waals surface area contributed by atoms with E-state index in [2.05, 4.69) is 31.3 Å². The summed E-state index contributed by atoms with van der Waals surface area (Å²) in [5.41, 5.74) is 1.52. The molecule has 2 rings (SSSR count). The second-order valence-corrected chi connectivity index (χ2v) is 5.90. The fraction of sp³-hybridized carbons (Fsp3) is 0.625. The monoisotopic (exact) mass is 279 g/mol. The minimum absolute atomic E-state index is 0.233. The molecule has 20 heavy (non-hydrogen) atoms. The molecule has 0 spiro atoms. The number of hydrogen-bond acceptors (Lipinski definition) is 4. The number of ether oxygens (including phenoxy) is 2.